The third-order valence-corrected chi connectivity index (χ3v) is 2.73. The Balaban J connectivity index is 2.41. The van der Waals surface area contributed by atoms with Crippen molar-refractivity contribution < 1.29 is 9.90 Å². The summed E-state index contributed by atoms with van der Waals surface area (Å²) in [4.78, 5) is 11.5. The van der Waals surface area contributed by atoms with Crippen molar-refractivity contribution in [2.45, 2.75) is 18.4 Å². The van der Waals surface area contributed by atoms with E-state index in [1.54, 1.807) is 12.3 Å². The zero-order valence-electron chi connectivity index (χ0n) is 8.47. The molecule has 1 aromatic carbocycles. The minimum atomic E-state index is -1.38. The predicted molar refractivity (Wildman–Crippen MR) is 57.1 cm³/mol. The summed E-state index contributed by atoms with van der Waals surface area (Å²) in [6.45, 7) is 1.53. The van der Waals surface area contributed by atoms with Crippen LogP contribution in [0.5, 0.6) is 0 Å². The van der Waals surface area contributed by atoms with Gasteiger partial charge in [-0.05, 0) is 12.5 Å². The lowest BCUT2D eigenvalue weighted by atomic mass is 9.81. The Labute approximate surface area is 88.4 Å². The molecule has 1 amide bonds. The van der Waals surface area contributed by atoms with Gasteiger partial charge < -0.3 is 10.4 Å². The number of hydrogen-bond acceptors (Lipinski definition) is 2. The fourth-order valence-corrected chi connectivity index (χ4v) is 1.79. The lowest BCUT2D eigenvalue weighted by Gasteiger charge is -2.32. The molecule has 3 heteroatoms. The minimum Gasteiger partial charge on any atom is -0.379 e. The summed E-state index contributed by atoms with van der Waals surface area (Å²) in [6.07, 6.45) is 3.38. The zero-order chi connectivity index (χ0) is 10.9. The first-order valence-corrected chi connectivity index (χ1v) is 4.87. The van der Waals surface area contributed by atoms with E-state index in [-0.39, 0.29) is 11.8 Å². The maximum atomic E-state index is 11.5. The molecule has 2 atom stereocenters. The predicted octanol–water partition coefficient (Wildman–Crippen LogP) is 1.16. The van der Waals surface area contributed by atoms with Crippen molar-refractivity contribution in [2.75, 3.05) is 0 Å². The van der Waals surface area contributed by atoms with Gasteiger partial charge in [-0.3, -0.25) is 4.79 Å². The van der Waals surface area contributed by atoms with Gasteiger partial charge in [0.15, 0.2) is 5.60 Å². The Morgan fingerprint density at radius 1 is 1.33 bits per heavy atom. The van der Waals surface area contributed by atoms with Crippen LogP contribution in [0.2, 0.25) is 0 Å². The van der Waals surface area contributed by atoms with E-state index in [1.165, 1.54) is 6.92 Å². The minimum absolute atomic E-state index is 0.285. The van der Waals surface area contributed by atoms with Gasteiger partial charge in [0.25, 0.3) is 5.91 Å². The molecule has 2 rings (SSSR count). The first kappa shape index (κ1) is 9.93. The number of aliphatic hydroxyl groups is 1. The van der Waals surface area contributed by atoms with E-state index in [9.17, 15) is 9.90 Å². The third kappa shape index (κ3) is 1.66. The normalized spacial score (nSPS) is 30.0. The maximum absolute atomic E-state index is 11.5. The molecule has 1 aromatic rings. The van der Waals surface area contributed by atoms with Crippen LogP contribution in [-0.2, 0) is 4.79 Å². The summed E-state index contributed by atoms with van der Waals surface area (Å²) in [7, 11) is 0. The summed E-state index contributed by atoms with van der Waals surface area (Å²) in [5.41, 5.74) is -0.440. The molecule has 0 spiro atoms. The summed E-state index contributed by atoms with van der Waals surface area (Å²) in [5.74, 6) is -0.647. The van der Waals surface area contributed by atoms with Crippen LogP contribution >= 0.6 is 0 Å². The zero-order valence-corrected chi connectivity index (χ0v) is 8.47. The van der Waals surface area contributed by atoms with E-state index in [4.69, 9.17) is 0 Å². The number of carbonyl (C=O) groups excluding carboxylic acids is 1. The maximum Gasteiger partial charge on any atom is 0.256 e. The van der Waals surface area contributed by atoms with Gasteiger partial charge in [0.1, 0.15) is 0 Å². The van der Waals surface area contributed by atoms with Crippen molar-refractivity contribution in [2.24, 2.45) is 0 Å². The van der Waals surface area contributed by atoms with Gasteiger partial charge in [0.05, 0.1) is 0 Å². The van der Waals surface area contributed by atoms with Gasteiger partial charge in [-0.25, -0.2) is 0 Å². The molecular weight excluding hydrogens is 190 g/mol. The van der Waals surface area contributed by atoms with Crippen molar-refractivity contribution in [3.63, 3.8) is 0 Å². The molecule has 1 unspecified atom stereocenters. The van der Waals surface area contributed by atoms with Crippen molar-refractivity contribution >= 4 is 5.91 Å². The summed E-state index contributed by atoms with van der Waals surface area (Å²) >= 11 is 0. The highest BCUT2D eigenvalue weighted by atomic mass is 16.3. The van der Waals surface area contributed by atoms with Crippen LogP contribution in [-0.4, -0.2) is 16.6 Å². The van der Waals surface area contributed by atoms with E-state index in [0.29, 0.717) is 0 Å². The second-order valence-corrected chi connectivity index (χ2v) is 3.87. The largest absolute Gasteiger partial charge is 0.379 e. The fraction of sp³-hybridized carbons (Fsp3) is 0.250. The average molecular weight is 203 g/mol. The van der Waals surface area contributed by atoms with E-state index < -0.39 is 5.60 Å². The summed E-state index contributed by atoms with van der Waals surface area (Å²) in [6, 6.07) is 9.51. The Morgan fingerprint density at radius 3 is 2.67 bits per heavy atom. The van der Waals surface area contributed by atoms with Crippen LogP contribution in [0.1, 0.15) is 18.4 Å². The number of hydrogen-bond donors (Lipinski definition) is 2. The lowest BCUT2D eigenvalue weighted by Crippen LogP contribution is -2.49. The van der Waals surface area contributed by atoms with Gasteiger partial charge in [0, 0.05) is 12.1 Å². The third-order valence-electron chi connectivity index (χ3n) is 2.73. The second-order valence-electron chi connectivity index (χ2n) is 3.87. The molecule has 2 N–H and O–H groups in total. The topological polar surface area (TPSA) is 49.3 Å². The smallest absolute Gasteiger partial charge is 0.256 e. The molecule has 0 bridgehead atoms. The standard InChI is InChI=1S/C12H13NO2/c1-12(15)10(7-8-13-11(12)14)9-5-3-2-4-6-9/h2-8,10,15H,1H3,(H,13,14)/t10?,12-/m1/s1. The van der Waals surface area contributed by atoms with Crippen LogP contribution in [0.3, 0.4) is 0 Å². The van der Waals surface area contributed by atoms with E-state index >= 15 is 0 Å². The molecule has 0 aromatic heterocycles. The molecule has 3 nitrogen and oxygen atoms in total. The van der Waals surface area contributed by atoms with Crippen molar-refractivity contribution in [3.8, 4) is 0 Å². The number of benzene rings is 1. The van der Waals surface area contributed by atoms with Gasteiger partial charge in [-0.1, -0.05) is 36.4 Å². The van der Waals surface area contributed by atoms with Gasteiger partial charge in [-0.15, -0.1) is 0 Å². The fourth-order valence-electron chi connectivity index (χ4n) is 1.79. The quantitative estimate of drug-likeness (QED) is 0.719. The monoisotopic (exact) mass is 203 g/mol. The van der Waals surface area contributed by atoms with Gasteiger partial charge in [-0.2, -0.15) is 0 Å². The Morgan fingerprint density at radius 2 is 2.00 bits per heavy atom. The molecule has 0 aliphatic carbocycles. The van der Waals surface area contributed by atoms with Crippen LogP contribution in [0.4, 0.5) is 0 Å². The summed E-state index contributed by atoms with van der Waals surface area (Å²) in [5, 5.41) is 12.6. The SMILES string of the molecule is C[C@]1(O)C(=O)NC=CC1c1ccccc1. The molecular formula is C12H13NO2. The molecule has 1 aliphatic rings. The molecule has 1 aliphatic heterocycles. The van der Waals surface area contributed by atoms with Crippen LogP contribution < -0.4 is 5.32 Å². The molecule has 78 valence electrons. The Kier molecular flexibility index (Phi) is 2.32. The van der Waals surface area contributed by atoms with E-state index in [0.717, 1.165) is 5.56 Å². The first-order chi connectivity index (χ1) is 7.12. The van der Waals surface area contributed by atoms with Gasteiger partial charge >= 0.3 is 0 Å². The Hall–Kier alpha value is -1.61. The second kappa shape index (κ2) is 3.51. The lowest BCUT2D eigenvalue weighted by molar-refractivity contribution is -0.139. The number of nitrogens with one attached hydrogen (secondary N) is 1. The van der Waals surface area contributed by atoms with Crippen molar-refractivity contribution in [1.82, 2.24) is 5.32 Å². The molecule has 0 saturated heterocycles. The molecule has 1 heterocycles. The number of rotatable bonds is 1. The van der Waals surface area contributed by atoms with Crippen molar-refractivity contribution in [1.29, 1.82) is 0 Å². The molecule has 0 radical (unpaired) electrons. The van der Waals surface area contributed by atoms with Crippen LogP contribution in [0, 0.1) is 0 Å². The molecule has 0 fully saturated rings. The number of amides is 1. The van der Waals surface area contributed by atoms with Gasteiger partial charge in [0.2, 0.25) is 0 Å². The average Bonchev–Trinajstić information content (AvgIpc) is 2.23. The Bertz CT molecular complexity index is 395. The highest BCUT2D eigenvalue weighted by molar-refractivity contribution is 5.88. The van der Waals surface area contributed by atoms with Crippen LogP contribution in [0.15, 0.2) is 42.6 Å². The molecule has 15 heavy (non-hydrogen) atoms. The summed E-state index contributed by atoms with van der Waals surface area (Å²) < 4.78 is 0. The van der Waals surface area contributed by atoms with Crippen molar-refractivity contribution in [3.05, 3.63) is 48.2 Å². The first-order valence-electron chi connectivity index (χ1n) is 4.87. The van der Waals surface area contributed by atoms with Crippen LogP contribution in [0.25, 0.3) is 0 Å². The number of carbonyl (C=O) groups is 1. The van der Waals surface area contributed by atoms with E-state index in [1.807, 2.05) is 30.3 Å². The highest BCUT2D eigenvalue weighted by Crippen LogP contribution is 2.31. The molecule has 0 saturated carbocycles. The highest BCUT2D eigenvalue weighted by Gasteiger charge is 2.40. The van der Waals surface area contributed by atoms with E-state index in [2.05, 4.69) is 5.32 Å².